The van der Waals surface area contributed by atoms with E-state index in [2.05, 4.69) is 33.4 Å². The first kappa shape index (κ1) is 18.6. The lowest BCUT2D eigenvalue weighted by Gasteiger charge is -2.19. The quantitative estimate of drug-likeness (QED) is 0.609. The van der Waals surface area contributed by atoms with Gasteiger partial charge >= 0.3 is 0 Å². The number of carbonyl (C=O) groups excluding carboxylic acids is 1. The van der Waals surface area contributed by atoms with Crippen LogP contribution in [0.15, 0.2) is 57.8 Å². The van der Waals surface area contributed by atoms with Crippen molar-refractivity contribution in [2.45, 2.75) is 50.1 Å². The monoisotopic (exact) mass is 451 g/mol. The van der Waals surface area contributed by atoms with Crippen LogP contribution in [0.25, 0.3) is 10.9 Å². The number of carbonyl (C=O) groups is 1. The first-order chi connectivity index (χ1) is 14.1. The normalized spacial score (nSPS) is 17.3. The first-order valence-corrected chi connectivity index (χ1v) is 10.9. The summed E-state index contributed by atoms with van der Waals surface area (Å²) in [6, 6.07) is 15.8. The smallest absolute Gasteiger partial charge is 0.261 e. The fourth-order valence-corrected chi connectivity index (χ4v) is 4.28. The average Bonchev–Trinajstić information content (AvgIpc) is 3.63. The molecule has 2 aromatic carbocycles. The molecule has 0 bridgehead atoms. The third-order valence-corrected chi connectivity index (χ3v) is 6.42. The second kappa shape index (κ2) is 7.10. The summed E-state index contributed by atoms with van der Waals surface area (Å²) in [5.74, 6) is 0.731. The topological polar surface area (TPSA) is 64.0 Å². The molecule has 5 rings (SSSR count). The van der Waals surface area contributed by atoms with E-state index in [0.29, 0.717) is 23.7 Å². The highest BCUT2D eigenvalue weighted by atomic mass is 79.9. The summed E-state index contributed by atoms with van der Waals surface area (Å²) in [6.07, 6.45) is 4.73. The molecule has 1 heterocycles. The number of hydrogen-bond donors (Lipinski definition) is 1. The molecule has 2 aliphatic carbocycles. The molecule has 1 N–H and O–H groups in total. The number of nitrogens with one attached hydrogen (secondary N) is 1. The lowest BCUT2D eigenvalue weighted by Crippen LogP contribution is -2.35. The zero-order valence-electron chi connectivity index (χ0n) is 16.0. The molecule has 0 unspecified atom stereocenters. The number of fused-ring (bicyclic) bond motifs is 1. The maximum atomic E-state index is 12.9. The van der Waals surface area contributed by atoms with Crippen LogP contribution in [-0.2, 0) is 16.8 Å². The molecule has 6 heteroatoms. The molecule has 29 heavy (non-hydrogen) atoms. The number of aromatic nitrogens is 2. The second-order valence-corrected chi connectivity index (χ2v) is 9.00. The van der Waals surface area contributed by atoms with Gasteiger partial charge in [-0.15, -0.1) is 0 Å². The summed E-state index contributed by atoms with van der Waals surface area (Å²) in [5.41, 5.74) is 1.64. The minimum atomic E-state index is -0.231. The fourth-order valence-electron chi connectivity index (χ4n) is 4.01. The maximum Gasteiger partial charge on any atom is 0.261 e. The Labute approximate surface area is 177 Å². The Morgan fingerprint density at radius 1 is 1.14 bits per heavy atom. The molecule has 1 amide bonds. The lowest BCUT2D eigenvalue weighted by molar-refractivity contribution is -0.122. The third kappa shape index (κ3) is 3.62. The van der Waals surface area contributed by atoms with Gasteiger partial charge in [-0.1, -0.05) is 40.2 Å². The van der Waals surface area contributed by atoms with Crippen molar-refractivity contribution in [3.63, 3.8) is 0 Å². The SMILES string of the molecule is O=C(CCc1nc2ccccc2c(=O)n1C1CC1)NC1(c2ccc(Br)cc2)CC1. The van der Waals surface area contributed by atoms with Gasteiger partial charge in [-0.05, 0) is 55.5 Å². The van der Waals surface area contributed by atoms with E-state index in [9.17, 15) is 9.59 Å². The minimum absolute atomic E-state index is 0.00942. The van der Waals surface area contributed by atoms with Gasteiger partial charge in [-0.25, -0.2) is 4.98 Å². The molecule has 148 valence electrons. The number of nitrogens with zero attached hydrogens (tertiary/aromatic N) is 2. The zero-order chi connectivity index (χ0) is 20.0. The highest BCUT2D eigenvalue weighted by molar-refractivity contribution is 9.10. The number of hydrogen-bond acceptors (Lipinski definition) is 3. The Kier molecular flexibility index (Phi) is 4.54. The molecule has 0 radical (unpaired) electrons. The van der Waals surface area contributed by atoms with Crippen LogP contribution >= 0.6 is 15.9 Å². The molecule has 0 aliphatic heterocycles. The molecular formula is C23H22BrN3O2. The Morgan fingerprint density at radius 2 is 1.86 bits per heavy atom. The summed E-state index contributed by atoms with van der Waals surface area (Å²) < 4.78 is 2.85. The molecule has 5 nitrogen and oxygen atoms in total. The van der Waals surface area contributed by atoms with Crippen LogP contribution < -0.4 is 10.9 Å². The number of benzene rings is 2. The average molecular weight is 452 g/mol. The number of rotatable bonds is 6. The van der Waals surface area contributed by atoms with Crippen molar-refractivity contribution >= 4 is 32.7 Å². The van der Waals surface area contributed by atoms with Gasteiger partial charge in [-0.2, -0.15) is 0 Å². The van der Waals surface area contributed by atoms with E-state index in [1.807, 2.05) is 41.0 Å². The van der Waals surface area contributed by atoms with Gasteiger partial charge in [0.2, 0.25) is 5.91 Å². The molecule has 0 atom stereocenters. The Morgan fingerprint density at radius 3 is 2.55 bits per heavy atom. The molecular weight excluding hydrogens is 430 g/mol. The van der Waals surface area contributed by atoms with Crippen molar-refractivity contribution in [2.75, 3.05) is 0 Å². The number of amides is 1. The molecule has 0 spiro atoms. The molecule has 2 aliphatic rings. The molecule has 2 saturated carbocycles. The summed E-state index contributed by atoms with van der Waals surface area (Å²) >= 11 is 3.46. The van der Waals surface area contributed by atoms with E-state index in [0.717, 1.165) is 41.5 Å². The van der Waals surface area contributed by atoms with Crippen molar-refractivity contribution < 1.29 is 4.79 Å². The second-order valence-electron chi connectivity index (χ2n) is 8.09. The van der Waals surface area contributed by atoms with E-state index < -0.39 is 0 Å². The van der Waals surface area contributed by atoms with Crippen LogP contribution in [0.2, 0.25) is 0 Å². The number of aryl methyl sites for hydroxylation is 1. The third-order valence-electron chi connectivity index (χ3n) is 5.89. The molecule has 0 saturated heterocycles. The number of para-hydroxylation sites is 1. The van der Waals surface area contributed by atoms with Crippen LogP contribution in [-0.4, -0.2) is 15.5 Å². The van der Waals surface area contributed by atoms with Crippen LogP contribution in [0.1, 0.15) is 49.5 Å². The fraction of sp³-hybridized carbons (Fsp3) is 0.348. The van der Waals surface area contributed by atoms with Gasteiger partial charge < -0.3 is 5.32 Å². The number of halogens is 1. The van der Waals surface area contributed by atoms with Gasteiger partial charge in [0.15, 0.2) is 0 Å². The van der Waals surface area contributed by atoms with Gasteiger partial charge in [-0.3, -0.25) is 14.2 Å². The Balaban J connectivity index is 1.34. The summed E-state index contributed by atoms with van der Waals surface area (Å²) in [6.45, 7) is 0. The Bertz CT molecular complexity index is 1140. The van der Waals surface area contributed by atoms with Gasteiger partial charge in [0, 0.05) is 23.4 Å². The van der Waals surface area contributed by atoms with Gasteiger partial charge in [0.25, 0.3) is 5.56 Å². The van der Waals surface area contributed by atoms with Crippen LogP contribution in [0.4, 0.5) is 0 Å². The maximum absolute atomic E-state index is 12.9. The van der Waals surface area contributed by atoms with E-state index >= 15 is 0 Å². The van der Waals surface area contributed by atoms with Crippen molar-refractivity contribution in [1.29, 1.82) is 0 Å². The van der Waals surface area contributed by atoms with E-state index in [-0.39, 0.29) is 23.0 Å². The lowest BCUT2D eigenvalue weighted by atomic mass is 10.0. The minimum Gasteiger partial charge on any atom is -0.347 e. The van der Waals surface area contributed by atoms with E-state index in [4.69, 9.17) is 4.98 Å². The van der Waals surface area contributed by atoms with E-state index in [1.54, 1.807) is 0 Å². The van der Waals surface area contributed by atoms with Crippen LogP contribution in [0.3, 0.4) is 0 Å². The Hall–Kier alpha value is -2.47. The van der Waals surface area contributed by atoms with Crippen LogP contribution in [0.5, 0.6) is 0 Å². The first-order valence-electron chi connectivity index (χ1n) is 10.1. The van der Waals surface area contributed by atoms with Crippen molar-refractivity contribution in [2.24, 2.45) is 0 Å². The largest absolute Gasteiger partial charge is 0.347 e. The summed E-state index contributed by atoms with van der Waals surface area (Å²) in [7, 11) is 0. The highest BCUT2D eigenvalue weighted by Crippen LogP contribution is 2.45. The summed E-state index contributed by atoms with van der Waals surface area (Å²) in [5, 5.41) is 3.87. The van der Waals surface area contributed by atoms with Crippen LogP contribution in [0, 0.1) is 0 Å². The van der Waals surface area contributed by atoms with Crippen molar-refractivity contribution in [3.8, 4) is 0 Å². The van der Waals surface area contributed by atoms with Crippen molar-refractivity contribution in [1.82, 2.24) is 14.9 Å². The molecule has 1 aromatic heterocycles. The standard InChI is InChI=1S/C23H22BrN3O2/c24-16-7-5-15(6-8-16)23(13-14-23)26-21(28)12-11-20-25-19-4-2-1-3-18(19)22(29)27(20)17-9-10-17/h1-8,17H,9-14H2,(H,26,28). The van der Waals surface area contributed by atoms with Gasteiger partial charge in [0.05, 0.1) is 16.4 Å². The van der Waals surface area contributed by atoms with Gasteiger partial charge in [0.1, 0.15) is 5.82 Å². The van der Waals surface area contributed by atoms with E-state index in [1.165, 1.54) is 0 Å². The summed E-state index contributed by atoms with van der Waals surface area (Å²) in [4.78, 5) is 30.4. The van der Waals surface area contributed by atoms with Crippen molar-refractivity contribution in [3.05, 3.63) is 74.7 Å². The zero-order valence-corrected chi connectivity index (χ0v) is 17.6. The molecule has 2 fully saturated rings. The molecule has 3 aromatic rings. The highest BCUT2D eigenvalue weighted by Gasteiger charge is 2.45. The predicted molar refractivity (Wildman–Crippen MR) is 116 cm³/mol. The predicted octanol–water partition coefficient (Wildman–Crippen LogP) is 4.23.